The Balaban J connectivity index is 2.57. The highest BCUT2D eigenvalue weighted by Gasteiger charge is 2.26. The summed E-state index contributed by atoms with van der Waals surface area (Å²) in [6, 6.07) is 9.47. The smallest absolute Gasteiger partial charge is 0.148 e. The van der Waals surface area contributed by atoms with Gasteiger partial charge in [0, 0.05) is 19.3 Å². The highest BCUT2D eigenvalue weighted by atomic mass is 32.2. The van der Waals surface area contributed by atoms with E-state index in [9.17, 15) is 13.5 Å². The van der Waals surface area contributed by atoms with Crippen molar-refractivity contribution in [3.63, 3.8) is 0 Å². The zero-order chi connectivity index (χ0) is 15.2. The van der Waals surface area contributed by atoms with Crippen molar-refractivity contribution in [2.45, 2.75) is 12.0 Å². The normalized spacial score (nSPS) is 15.2. The van der Waals surface area contributed by atoms with E-state index in [0.717, 1.165) is 5.56 Å². The summed E-state index contributed by atoms with van der Waals surface area (Å²) in [7, 11) is -1.10. The zero-order valence-electron chi connectivity index (χ0n) is 12.1. The summed E-state index contributed by atoms with van der Waals surface area (Å²) >= 11 is 0. The Hall–Kier alpha value is -0.950. The Morgan fingerprint density at radius 1 is 1.25 bits per heavy atom. The van der Waals surface area contributed by atoms with Gasteiger partial charge < -0.3 is 15.7 Å². The standard InChI is InChI=1S/C14H24N2O3S/c1-16(10-11-20(2,18)19)9-8-14(15,12-17)13-6-4-3-5-7-13/h3-7,17H,8-12,15H2,1-2H3. The molecule has 6 heteroatoms. The first-order valence-electron chi connectivity index (χ1n) is 6.58. The van der Waals surface area contributed by atoms with Crippen molar-refractivity contribution in [3.05, 3.63) is 35.9 Å². The molecule has 114 valence electrons. The molecule has 1 rings (SSSR count). The molecule has 0 saturated carbocycles. The van der Waals surface area contributed by atoms with Crippen molar-refractivity contribution in [1.29, 1.82) is 0 Å². The molecule has 20 heavy (non-hydrogen) atoms. The number of hydrogen-bond donors (Lipinski definition) is 2. The average Bonchev–Trinajstić information content (AvgIpc) is 2.42. The summed E-state index contributed by atoms with van der Waals surface area (Å²) in [4.78, 5) is 1.92. The van der Waals surface area contributed by atoms with Crippen molar-refractivity contribution in [2.75, 3.05) is 38.8 Å². The number of aliphatic hydroxyl groups excluding tert-OH is 1. The molecule has 5 nitrogen and oxygen atoms in total. The maximum atomic E-state index is 11.1. The van der Waals surface area contributed by atoms with E-state index < -0.39 is 15.4 Å². The molecule has 0 amide bonds. The molecule has 0 aliphatic rings. The van der Waals surface area contributed by atoms with Crippen LogP contribution < -0.4 is 5.73 Å². The van der Waals surface area contributed by atoms with Crippen molar-refractivity contribution >= 4 is 9.84 Å². The predicted octanol–water partition coefficient (Wildman–Crippen LogP) is 0.199. The van der Waals surface area contributed by atoms with Crippen molar-refractivity contribution in [3.8, 4) is 0 Å². The molecular formula is C14H24N2O3S. The molecular weight excluding hydrogens is 276 g/mol. The minimum atomic E-state index is -2.95. The van der Waals surface area contributed by atoms with Crippen LogP contribution in [0.3, 0.4) is 0 Å². The third kappa shape index (κ3) is 5.58. The van der Waals surface area contributed by atoms with Gasteiger partial charge in [-0.1, -0.05) is 30.3 Å². The fraction of sp³-hybridized carbons (Fsp3) is 0.571. The maximum Gasteiger partial charge on any atom is 0.148 e. The molecule has 0 spiro atoms. The molecule has 3 N–H and O–H groups in total. The number of sulfone groups is 1. The Morgan fingerprint density at radius 2 is 1.85 bits per heavy atom. The van der Waals surface area contributed by atoms with E-state index >= 15 is 0 Å². The number of rotatable bonds is 8. The van der Waals surface area contributed by atoms with Crippen LogP contribution in [0.4, 0.5) is 0 Å². The van der Waals surface area contributed by atoms with Gasteiger partial charge in [0.1, 0.15) is 9.84 Å². The number of hydrogen-bond acceptors (Lipinski definition) is 5. The fourth-order valence-corrected chi connectivity index (χ4v) is 2.55. The third-order valence-electron chi connectivity index (χ3n) is 3.41. The summed E-state index contributed by atoms with van der Waals surface area (Å²) in [6.45, 7) is 0.952. The summed E-state index contributed by atoms with van der Waals surface area (Å²) < 4.78 is 22.2. The molecule has 0 radical (unpaired) electrons. The molecule has 0 aromatic heterocycles. The third-order valence-corrected chi connectivity index (χ3v) is 4.34. The van der Waals surface area contributed by atoms with E-state index in [2.05, 4.69) is 0 Å². The van der Waals surface area contributed by atoms with Crippen molar-refractivity contribution < 1.29 is 13.5 Å². The first-order valence-corrected chi connectivity index (χ1v) is 8.64. The van der Waals surface area contributed by atoms with Crippen LogP contribution in [-0.4, -0.2) is 57.2 Å². The summed E-state index contributed by atoms with van der Waals surface area (Å²) in [5.41, 5.74) is 6.35. The van der Waals surface area contributed by atoms with E-state index in [4.69, 9.17) is 5.73 Å². The summed E-state index contributed by atoms with van der Waals surface area (Å²) in [6.07, 6.45) is 1.79. The Bertz CT molecular complexity index is 504. The van der Waals surface area contributed by atoms with Gasteiger partial charge in [-0.15, -0.1) is 0 Å². The topological polar surface area (TPSA) is 83.6 Å². The van der Waals surface area contributed by atoms with E-state index in [-0.39, 0.29) is 12.4 Å². The fourth-order valence-electron chi connectivity index (χ4n) is 1.91. The highest BCUT2D eigenvalue weighted by Crippen LogP contribution is 2.21. The summed E-state index contributed by atoms with van der Waals surface area (Å²) in [5.74, 6) is 0.130. The van der Waals surface area contributed by atoms with Crippen molar-refractivity contribution in [1.82, 2.24) is 4.90 Å². The largest absolute Gasteiger partial charge is 0.394 e. The Kier molecular flexibility index (Phi) is 6.13. The van der Waals surface area contributed by atoms with Crippen LogP contribution in [0.5, 0.6) is 0 Å². The lowest BCUT2D eigenvalue weighted by Crippen LogP contribution is -2.43. The lowest BCUT2D eigenvalue weighted by Gasteiger charge is -2.30. The molecule has 0 aliphatic heterocycles. The van der Waals surface area contributed by atoms with Gasteiger partial charge in [0.15, 0.2) is 0 Å². The second kappa shape index (κ2) is 7.17. The predicted molar refractivity (Wildman–Crippen MR) is 81.2 cm³/mol. The Labute approximate surface area is 121 Å². The minimum absolute atomic E-state index is 0.130. The molecule has 1 atom stereocenters. The molecule has 0 fully saturated rings. The van der Waals surface area contributed by atoms with Crippen LogP contribution in [-0.2, 0) is 15.4 Å². The quantitative estimate of drug-likeness (QED) is 0.716. The summed E-state index contributed by atoms with van der Waals surface area (Å²) in [5, 5.41) is 9.57. The van der Waals surface area contributed by atoms with E-state index in [0.29, 0.717) is 19.5 Å². The molecule has 1 aromatic carbocycles. The average molecular weight is 300 g/mol. The van der Waals surface area contributed by atoms with Gasteiger partial charge in [-0.05, 0) is 19.0 Å². The second-order valence-electron chi connectivity index (χ2n) is 5.36. The van der Waals surface area contributed by atoms with Crippen LogP contribution in [0, 0.1) is 0 Å². The van der Waals surface area contributed by atoms with Gasteiger partial charge in [0.25, 0.3) is 0 Å². The molecule has 1 unspecified atom stereocenters. The lowest BCUT2D eigenvalue weighted by atomic mass is 9.88. The zero-order valence-corrected chi connectivity index (χ0v) is 12.9. The SMILES string of the molecule is CN(CCC(N)(CO)c1ccccc1)CCS(C)(=O)=O. The number of aliphatic hydroxyl groups is 1. The lowest BCUT2D eigenvalue weighted by molar-refractivity contribution is 0.172. The molecule has 0 aliphatic carbocycles. The minimum Gasteiger partial charge on any atom is -0.394 e. The first-order chi connectivity index (χ1) is 9.27. The van der Waals surface area contributed by atoms with Crippen LogP contribution in [0.2, 0.25) is 0 Å². The van der Waals surface area contributed by atoms with E-state index in [1.54, 1.807) is 0 Å². The highest BCUT2D eigenvalue weighted by molar-refractivity contribution is 7.90. The van der Waals surface area contributed by atoms with Crippen LogP contribution >= 0.6 is 0 Å². The van der Waals surface area contributed by atoms with Gasteiger partial charge in [-0.25, -0.2) is 8.42 Å². The van der Waals surface area contributed by atoms with Gasteiger partial charge in [0.05, 0.1) is 17.9 Å². The van der Waals surface area contributed by atoms with Crippen LogP contribution in [0.15, 0.2) is 30.3 Å². The van der Waals surface area contributed by atoms with Gasteiger partial charge in [0.2, 0.25) is 0 Å². The van der Waals surface area contributed by atoms with E-state index in [1.165, 1.54) is 6.26 Å². The second-order valence-corrected chi connectivity index (χ2v) is 7.62. The van der Waals surface area contributed by atoms with Crippen LogP contribution in [0.1, 0.15) is 12.0 Å². The number of benzene rings is 1. The van der Waals surface area contributed by atoms with E-state index in [1.807, 2.05) is 42.3 Å². The Morgan fingerprint density at radius 3 is 2.35 bits per heavy atom. The maximum absolute atomic E-state index is 11.1. The molecule has 0 bridgehead atoms. The van der Waals surface area contributed by atoms with Gasteiger partial charge >= 0.3 is 0 Å². The molecule has 0 heterocycles. The molecule has 0 saturated heterocycles. The van der Waals surface area contributed by atoms with Crippen molar-refractivity contribution in [2.24, 2.45) is 5.73 Å². The number of nitrogens with two attached hydrogens (primary N) is 1. The number of nitrogens with zero attached hydrogens (tertiary/aromatic N) is 1. The molecule has 1 aromatic rings. The monoisotopic (exact) mass is 300 g/mol. The van der Waals surface area contributed by atoms with Gasteiger partial charge in [-0.2, -0.15) is 0 Å². The van der Waals surface area contributed by atoms with Crippen LogP contribution in [0.25, 0.3) is 0 Å². The van der Waals surface area contributed by atoms with Gasteiger partial charge in [-0.3, -0.25) is 0 Å². The first kappa shape index (κ1) is 17.1.